The van der Waals surface area contributed by atoms with Crippen molar-refractivity contribution < 1.29 is 19.8 Å². The monoisotopic (exact) mass is 270 g/mol. The lowest BCUT2D eigenvalue weighted by Crippen LogP contribution is -2.12. The molecule has 0 spiro atoms. The molecule has 0 unspecified atom stereocenters. The zero-order chi connectivity index (χ0) is 14.7. The molecular weight excluding hydrogens is 256 g/mol. The van der Waals surface area contributed by atoms with Gasteiger partial charge in [-0.3, -0.25) is 0 Å². The van der Waals surface area contributed by atoms with Crippen LogP contribution in [0.1, 0.15) is 37.4 Å². The van der Waals surface area contributed by atoms with E-state index in [9.17, 15) is 19.8 Å². The summed E-state index contributed by atoms with van der Waals surface area (Å²) in [6, 6.07) is 12.2. The van der Waals surface area contributed by atoms with Gasteiger partial charge in [-0.15, -0.1) is 0 Å². The second-order valence-corrected chi connectivity index (χ2v) is 4.56. The van der Waals surface area contributed by atoms with Gasteiger partial charge in [-0.1, -0.05) is 36.4 Å². The summed E-state index contributed by atoms with van der Waals surface area (Å²) in [5, 5.41) is 18.6. The van der Waals surface area contributed by atoms with Crippen LogP contribution in [0.15, 0.2) is 42.5 Å². The highest BCUT2D eigenvalue weighted by atomic mass is 16.4. The summed E-state index contributed by atoms with van der Waals surface area (Å²) in [6.07, 6.45) is 0.284. The number of rotatable bonds is 4. The minimum atomic E-state index is -1.11. The van der Waals surface area contributed by atoms with Gasteiger partial charge in [0, 0.05) is 0 Å². The highest BCUT2D eigenvalue weighted by Gasteiger charge is 2.20. The van der Waals surface area contributed by atoms with Crippen molar-refractivity contribution in [3.05, 3.63) is 70.3 Å². The molecule has 0 radical (unpaired) electrons. The summed E-state index contributed by atoms with van der Waals surface area (Å²) in [5.74, 6) is -2.21. The molecule has 0 heterocycles. The molecule has 2 N–H and O–H groups in total. The Labute approximate surface area is 116 Å². The highest BCUT2D eigenvalue weighted by molar-refractivity contribution is 5.97. The summed E-state index contributed by atoms with van der Waals surface area (Å²) < 4.78 is 0. The number of carboxylic acids is 2. The van der Waals surface area contributed by atoms with Gasteiger partial charge in [-0.2, -0.15) is 0 Å². The van der Waals surface area contributed by atoms with Crippen molar-refractivity contribution in [2.24, 2.45) is 0 Å². The molecule has 2 aromatic rings. The summed E-state index contributed by atoms with van der Waals surface area (Å²) in [7, 11) is 0. The fourth-order valence-corrected chi connectivity index (χ4v) is 2.25. The van der Waals surface area contributed by atoms with E-state index < -0.39 is 11.9 Å². The third-order valence-electron chi connectivity index (χ3n) is 3.19. The molecule has 102 valence electrons. The van der Waals surface area contributed by atoms with Crippen molar-refractivity contribution in [2.75, 3.05) is 0 Å². The second-order valence-electron chi connectivity index (χ2n) is 4.56. The molecule has 0 aliphatic carbocycles. The van der Waals surface area contributed by atoms with Gasteiger partial charge in [0.1, 0.15) is 0 Å². The normalized spacial score (nSPS) is 10.2. The summed E-state index contributed by atoms with van der Waals surface area (Å²) in [4.78, 5) is 22.7. The molecule has 2 aromatic carbocycles. The zero-order valence-corrected chi connectivity index (χ0v) is 11.0. The first-order valence-electron chi connectivity index (χ1n) is 6.13. The van der Waals surface area contributed by atoms with E-state index in [1.165, 1.54) is 12.1 Å². The smallest absolute Gasteiger partial charge is 0.336 e. The quantitative estimate of drug-likeness (QED) is 0.895. The lowest BCUT2D eigenvalue weighted by atomic mass is 9.91. The van der Waals surface area contributed by atoms with Gasteiger partial charge in [-0.05, 0) is 36.1 Å². The Morgan fingerprint density at radius 2 is 1.60 bits per heavy atom. The van der Waals surface area contributed by atoms with Crippen LogP contribution in [-0.2, 0) is 6.42 Å². The molecule has 4 nitrogen and oxygen atoms in total. The number of hydrogen-bond acceptors (Lipinski definition) is 2. The molecule has 0 bridgehead atoms. The van der Waals surface area contributed by atoms with E-state index in [-0.39, 0.29) is 17.5 Å². The summed E-state index contributed by atoms with van der Waals surface area (Å²) in [5.41, 5.74) is 1.90. The second kappa shape index (κ2) is 5.57. The molecular formula is C16H14O4. The van der Waals surface area contributed by atoms with Crippen LogP contribution >= 0.6 is 0 Å². The van der Waals surface area contributed by atoms with Crippen LogP contribution < -0.4 is 0 Å². The lowest BCUT2D eigenvalue weighted by molar-refractivity contribution is 0.0695. The Balaban J connectivity index is 2.61. The van der Waals surface area contributed by atoms with Crippen LogP contribution in [0.3, 0.4) is 0 Å². The van der Waals surface area contributed by atoms with Crippen LogP contribution in [0, 0.1) is 6.92 Å². The molecule has 20 heavy (non-hydrogen) atoms. The third kappa shape index (κ3) is 2.69. The van der Waals surface area contributed by atoms with Crippen LogP contribution in [0.5, 0.6) is 0 Å². The predicted molar refractivity (Wildman–Crippen MR) is 74.3 cm³/mol. The van der Waals surface area contributed by atoms with E-state index in [2.05, 4.69) is 0 Å². The molecule has 0 atom stereocenters. The van der Waals surface area contributed by atoms with Gasteiger partial charge < -0.3 is 10.2 Å². The Bertz CT molecular complexity index is 660. The molecule has 2 rings (SSSR count). The topological polar surface area (TPSA) is 74.6 Å². The Hall–Kier alpha value is -2.62. The fourth-order valence-electron chi connectivity index (χ4n) is 2.25. The van der Waals surface area contributed by atoms with Crippen molar-refractivity contribution in [1.29, 1.82) is 0 Å². The molecule has 0 fully saturated rings. The number of aryl methyl sites for hydroxylation is 1. The number of hydrogen-bond donors (Lipinski definition) is 2. The van der Waals surface area contributed by atoms with Gasteiger partial charge in [0.15, 0.2) is 0 Å². The largest absolute Gasteiger partial charge is 0.478 e. The minimum absolute atomic E-state index is 0.0388. The van der Waals surface area contributed by atoms with Gasteiger partial charge in [0.05, 0.1) is 11.1 Å². The van der Waals surface area contributed by atoms with Gasteiger partial charge in [0.25, 0.3) is 0 Å². The Morgan fingerprint density at radius 3 is 2.15 bits per heavy atom. The Morgan fingerprint density at radius 1 is 0.950 bits per heavy atom. The first-order chi connectivity index (χ1) is 9.50. The number of carboxylic acid groups (broad SMARTS) is 2. The maximum atomic E-state index is 11.4. The van der Waals surface area contributed by atoms with E-state index in [1.54, 1.807) is 6.92 Å². The summed E-state index contributed by atoms with van der Waals surface area (Å²) in [6.45, 7) is 1.67. The first kappa shape index (κ1) is 13.8. The van der Waals surface area contributed by atoms with Gasteiger partial charge in [0.2, 0.25) is 0 Å². The van der Waals surface area contributed by atoms with E-state index >= 15 is 0 Å². The number of aromatic carboxylic acids is 2. The Kier molecular flexibility index (Phi) is 3.84. The van der Waals surface area contributed by atoms with Crippen molar-refractivity contribution in [2.45, 2.75) is 13.3 Å². The third-order valence-corrected chi connectivity index (χ3v) is 3.19. The van der Waals surface area contributed by atoms with Crippen LogP contribution in [0.25, 0.3) is 0 Å². The maximum absolute atomic E-state index is 11.4. The van der Waals surface area contributed by atoms with Crippen molar-refractivity contribution in [1.82, 2.24) is 0 Å². The van der Waals surface area contributed by atoms with E-state index in [4.69, 9.17) is 0 Å². The first-order valence-corrected chi connectivity index (χ1v) is 6.13. The minimum Gasteiger partial charge on any atom is -0.478 e. The maximum Gasteiger partial charge on any atom is 0.336 e. The molecule has 0 saturated carbocycles. The van der Waals surface area contributed by atoms with Gasteiger partial charge in [-0.25, -0.2) is 9.59 Å². The van der Waals surface area contributed by atoms with E-state index in [1.807, 2.05) is 30.3 Å². The number of carbonyl (C=O) groups is 2. The molecule has 0 aliphatic heterocycles. The zero-order valence-electron chi connectivity index (χ0n) is 11.0. The van der Waals surface area contributed by atoms with Crippen molar-refractivity contribution in [3.63, 3.8) is 0 Å². The average molecular weight is 270 g/mol. The van der Waals surface area contributed by atoms with Crippen molar-refractivity contribution >= 4 is 11.9 Å². The molecule has 0 amide bonds. The molecule has 4 heteroatoms. The SMILES string of the molecule is Cc1ccc(C(=O)O)c(Cc2ccccc2)c1C(=O)O. The predicted octanol–water partition coefficient (Wildman–Crippen LogP) is 2.98. The van der Waals surface area contributed by atoms with E-state index in [0.29, 0.717) is 11.1 Å². The lowest BCUT2D eigenvalue weighted by Gasteiger charge is -2.12. The molecule has 0 aromatic heterocycles. The van der Waals surface area contributed by atoms with E-state index in [0.717, 1.165) is 5.56 Å². The van der Waals surface area contributed by atoms with Crippen LogP contribution in [0.4, 0.5) is 0 Å². The number of benzene rings is 2. The van der Waals surface area contributed by atoms with Crippen LogP contribution in [-0.4, -0.2) is 22.2 Å². The molecule has 0 saturated heterocycles. The summed E-state index contributed by atoms with van der Waals surface area (Å²) >= 11 is 0. The highest BCUT2D eigenvalue weighted by Crippen LogP contribution is 2.23. The standard InChI is InChI=1S/C16H14O4/c1-10-7-8-12(15(17)18)13(14(10)16(19)20)9-11-5-3-2-4-6-11/h2-8H,9H2,1H3,(H,17,18)(H,19,20). The van der Waals surface area contributed by atoms with Gasteiger partial charge >= 0.3 is 11.9 Å². The van der Waals surface area contributed by atoms with Crippen LogP contribution in [0.2, 0.25) is 0 Å². The fraction of sp³-hybridized carbons (Fsp3) is 0.125. The van der Waals surface area contributed by atoms with Crippen molar-refractivity contribution in [3.8, 4) is 0 Å². The average Bonchev–Trinajstić information content (AvgIpc) is 2.39. The molecule has 0 aliphatic rings.